The fourth-order valence-corrected chi connectivity index (χ4v) is 6.26. The van der Waals surface area contributed by atoms with Crippen LogP contribution in [0.3, 0.4) is 0 Å². The molecule has 4 N–H and O–H groups in total. The molecule has 1 aliphatic carbocycles. The Morgan fingerprint density at radius 3 is 2.25 bits per heavy atom. The quantitative estimate of drug-likeness (QED) is 0.853. The Labute approximate surface area is 147 Å². The standard InChI is InChI=1S/C18H21ClN2O2S/c1-12-5-7-15(8-6-12)24(22,23)17-16(18(17,10-20)11-21)13-3-2-4-14(19)9-13/h2-9,16-17H,10-11,20-21H2,1H3/t16-,17-/m1/s1. The van der Waals surface area contributed by atoms with Crippen LogP contribution >= 0.6 is 11.6 Å². The van der Waals surface area contributed by atoms with E-state index < -0.39 is 20.5 Å². The number of hydrogen-bond donors (Lipinski definition) is 2. The van der Waals surface area contributed by atoms with Gasteiger partial charge in [0.25, 0.3) is 0 Å². The summed E-state index contributed by atoms with van der Waals surface area (Å²) in [6.07, 6.45) is 0. The van der Waals surface area contributed by atoms with Crippen LogP contribution in [0.25, 0.3) is 0 Å². The van der Waals surface area contributed by atoms with Gasteiger partial charge in [0.05, 0.1) is 10.1 Å². The van der Waals surface area contributed by atoms with Crippen molar-refractivity contribution in [2.45, 2.75) is 23.0 Å². The van der Waals surface area contributed by atoms with Crippen LogP contribution in [0.15, 0.2) is 53.4 Å². The molecule has 3 rings (SSSR count). The van der Waals surface area contributed by atoms with Gasteiger partial charge in [-0.05, 0) is 36.8 Å². The number of benzene rings is 2. The fourth-order valence-electron chi connectivity index (χ4n) is 3.59. The van der Waals surface area contributed by atoms with E-state index in [0.29, 0.717) is 9.92 Å². The Morgan fingerprint density at radius 2 is 1.71 bits per heavy atom. The van der Waals surface area contributed by atoms with E-state index in [4.69, 9.17) is 23.1 Å². The molecule has 0 bridgehead atoms. The average molecular weight is 365 g/mol. The van der Waals surface area contributed by atoms with Crippen molar-refractivity contribution in [3.8, 4) is 0 Å². The second-order valence-corrected chi connectivity index (χ2v) is 8.96. The second kappa shape index (κ2) is 6.15. The van der Waals surface area contributed by atoms with E-state index in [1.54, 1.807) is 36.4 Å². The predicted octanol–water partition coefficient (Wildman–Crippen LogP) is 2.49. The van der Waals surface area contributed by atoms with E-state index in [0.717, 1.165) is 11.1 Å². The van der Waals surface area contributed by atoms with Crippen LogP contribution in [0, 0.1) is 12.3 Å². The van der Waals surface area contributed by atoms with Crippen LogP contribution < -0.4 is 11.5 Å². The maximum Gasteiger partial charge on any atom is 0.182 e. The topological polar surface area (TPSA) is 86.2 Å². The molecular weight excluding hydrogens is 344 g/mol. The van der Waals surface area contributed by atoms with Crippen molar-refractivity contribution in [1.82, 2.24) is 0 Å². The smallest absolute Gasteiger partial charge is 0.182 e. The first-order valence-electron chi connectivity index (χ1n) is 7.83. The molecule has 1 saturated carbocycles. The molecule has 0 spiro atoms. The van der Waals surface area contributed by atoms with Crippen molar-refractivity contribution >= 4 is 21.4 Å². The summed E-state index contributed by atoms with van der Waals surface area (Å²) in [5.74, 6) is -0.238. The molecule has 0 unspecified atom stereocenters. The molecule has 2 aromatic carbocycles. The lowest BCUT2D eigenvalue weighted by molar-refractivity contribution is 0.510. The first kappa shape index (κ1) is 17.4. The van der Waals surface area contributed by atoms with Gasteiger partial charge in [0.15, 0.2) is 9.84 Å². The molecule has 2 aromatic rings. The Hall–Kier alpha value is -1.40. The molecule has 128 valence electrons. The lowest BCUT2D eigenvalue weighted by Gasteiger charge is -2.13. The maximum atomic E-state index is 13.2. The summed E-state index contributed by atoms with van der Waals surface area (Å²) in [6, 6.07) is 14.2. The zero-order valence-corrected chi connectivity index (χ0v) is 15.0. The average Bonchev–Trinajstić information content (AvgIpc) is 3.26. The third kappa shape index (κ3) is 2.65. The highest BCUT2D eigenvalue weighted by molar-refractivity contribution is 7.92. The largest absolute Gasteiger partial charge is 0.330 e. The van der Waals surface area contributed by atoms with Gasteiger partial charge in [0.2, 0.25) is 0 Å². The number of nitrogens with two attached hydrogens (primary N) is 2. The lowest BCUT2D eigenvalue weighted by atomic mass is 9.99. The SMILES string of the molecule is Cc1ccc(S(=O)(=O)[C@@H]2[C@@H](c3cccc(Cl)c3)C2(CN)CN)cc1. The molecule has 1 aliphatic rings. The van der Waals surface area contributed by atoms with E-state index >= 15 is 0 Å². The van der Waals surface area contributed by atoms with Crippen LogP contribution in [0.2, 0.25) is 5.02 Å². The summed E-state index contributed by atoms with van der Waals surface area (Å²) < 4.78 is 26.3. The van der Waals surface area contributed by atoms with Gasteiger partial charge < -0.3 is 11.5 Å². The maximum absolute atomic E-state index is 13.2. The van der Waals surface area contributed by atoms with E-state index in [9.17, 15) is 8.42 Å². The van der Waals surface area contributed by atoms with Gasteiger partial charge in [-0.25, -0.2) is 8.42 Å². The highest BCUT2D eigenvalue weighted by Gasteiger charge is 2.69. The third-order valence-corrected chi connectivity index (χ3v) is 7.61. The third-order valence-electron chi connectivity index (χ3n) is 5.03. The van der Waals surface area contributed by atoms with Gasteiger partial charge in [-0.1, -0.05) is 41.4 Å². The van der Waals surface area contributed by atoms with E-state index in [1.165, 1.54) is 0 Å². The molecule has 24 heavy (non-hydrogen) atoms. The summed E-state index contributed by atoms with van der Waals surface area (Å²) in [5.41, 5.74) is 13.2. The van der Waals surface area contributed by atoms with Gasteiger partial charge in [-0.15, -0.1) is 0 Å². The van der Waals surface area contributed by atoms with Crippen LogP contribution in [-0.2, 0) is 9.84 Å². The van der Waals surface area contributed by atoms with Crippen molar-refractivity contribution < 1.29 is 8.42 Å². The van der Waals surface area contributed by atoms with Crippen molar-refractivity contribution in [2.75, 3.05) is 13.1 Å². The van der Waals surface area contributed by atoms with Gasteiger partial charge in [0.1, 0.15) is 0 Å². The number of halogens is 1. The van der Waals surface area contributed by atoms with Crippen LogP contribution in [0.1, 0.15) is 17.0 Å². The molecule has 0 heterocycles. The molecule has 0 radical (unpaired) electrons. The zero-order valence-electron chi connectivity index (χ0n) is 13.4. The van der Waals surface area contributed by atoms with E-state index in [-0.39, 0.29) is 19.0 Å². The number of sulfone groups is 1. The van der Waals surface area contributed by atoms with Crippen LogP contribution in [0.5, 0.6) is 0 Å². The second-order valence-electron chi connectivity index (χ2n) is 6.45. The molecule has 0 aliphatic heterocycles. The first-order valence-corrected chi connectivity index (χ1v) is 9.75. The summed E-state index contributed by atoms with van der Waals surface area (Å²) >= 11 is 6.08. The van der Waals surface area contributed by atoms with Gasteiger partial charge in [-0.3, -0.25) is 0 Å². The van der Waals surface area contributed by atoms with E-state index in [1.807, 2.05) is 19.1 Å². The molecule has 1 fully saturated rings. The molecule has 0 amide bonds. The van der Waals surface area contributed by atoms with Crippen molar-refractivity contribution in [1.29, 1.82) is 0 Å². The van der Waals surface area contributed by atoms with Crippen molar-refractivity contribution in [3.63, 3.8) is 0 Å². The summed E-state index contributed by atoms with van der Waals surface area (Å²) in [4.78, 5) is 0.314. The Morgan fingerprint density at radius 1 is 1.08 bits per heavy atom. The molecule has 0 aromatic heterocycles. The Kier molecular flexibility index (Phi) is 4.47. The molecule has 4 nitrogen and oxygen atoms in total. The molecular formula is C18H21ClN2O2S. The monoisotopic (exact) mass is 364 g/mol. The highest BCUT2D eigenvalue weighted by Crippen LogP contribution is 2.63. The fraction of sp³-hybridized carbons (Fsp3) is 0.333. The molecule has 0 saturated heterocycles. The zero-order chi connectivity index (χ0) is 17.5. The molecule has 2 atom stereocenters. The number of hydrogen-bond acceptors (Lipinski definition) is 4. The highest BCUT2D eigenvalue weighted by atomic mass is 35.5. The van der Waals surface area contributed by atoms with Gasteiger partial charge in [0, 0.05) is 29.4 Å². The number of rotatable bonds is 5. The summed E-state index contributed by atoms with van der Waals surface area (Å²) in [6.45, 7) is 2.36. The van der Waals surface area contributed by atoms with E-state index in [2.05, 4.69) is 0 Å². The minimum absolute atomic E-state index is 0.219. The Bertz CT molecular complexity index is 846. The normalized spacial score (nSPS) is 22.3. The van der Waals surface area contributed by atoms with Crippen molar-refractivity contribution in [3.05, 3.63) is 64.7 Å². The number of aryl methyl sites for hydroxylation is 1. The van der Waals surface area contributed by atoms with Crippen molar-refractivity contribution in [2.24, 2.45) is 16.9 Å². The van der Waals surface area contributed by atoms with Crippen LogP contribution in [0.4, 0.5) is 0 Å². The minimum Gasteiger partial charge on any atom is -0.330 e. The predicted molar refractivity (Wildman–Crippen MR) is 96.9 cm³/mol. The minimum atomic E-state index is -3.53. The lowest BCUT2D eigenvalue weighted by Crippen LogP contribution is -2.31. The summed E-state index contributed by atoms with van der Waals surface area (Å²) in [7, 11) is -3.53. The van der Waals surface area contributed by atoms with Gasteiger partial charge in [-0.2, -0.15) is 0 Å². The van der Waals surface area contributed by atoms with Crippen LogP contribution in [-0.4, -0.2) is 26.8 Å². The first-order chi connectivity index (χ1) is 11.4. The van der Waals surface area contributed by atoms with Gasteiger partial charge >= 0.3 is 0 Å². The summed E-state index contributed by atoms with van der Waals surface area (Å²) in [5, 5.41) is -0.0463. The Balaban J connectivity index is 2.06. The molecule has 6 heteroatoms.